The molecule has 1 saturated carbocycles. The summed E-state index contributed by atoms with van der Waals surface area (Å²) in [6.45, 7) is 0.628. The molecule has 0 radical (unpaired) electrons. The van der Waals surface area contributed by atoms with Crippen LogP contribution in [-0.4, -0.2) is 18.5 Å². The fourth-order valence-electron chi connectivity index (χ4n) is 2.49. The number of carbonyl (C=O) groups is 1. The topological polar surface area (TPSA) is 55.1 Å². The van der Waals surface area contributed by atoms with Crippen LogP contribution in [0.4, 0.5) is 4.39 Å². The summed E-state index contributed by atoms with van der Waals surface area (Å²) >= 11 is 0. The van der Waals surface area contributed by atoms with E-state index in [0.29, 0.717) is 18.0 Å². The van der Waals surface area contributed by atoms with Gasteiger partial charge in [0.1, 0.15) is 5.82 Å². The van der Waals surface area contributed by atoms with Crippen molar-refractivity contribution in [3.63, 3.8) is 0 Å². The molecule has 3 N–H and O–H groups in total. The third-order valence-electron chi connectivity index (χ3n) is 3.46. The minimum absolute atomic E-state index is 0. The van der Waals surface area contributed by atoms with Gasteiger partial charge in [-0.05, 0) is 43.4 Å². The first-order valence-electron chi connectivity index (χ1n) is 6.44. The molecule has 1 aromatic carbocycles. The average molecular weight is 287 g/mol. The van der Waals surface area contributed by atoms with E-state index in [9.17, 15) is 9.18 Å². The van der Waals surface area contributed by atoms with Crippen LogP contribution in [0.1, 0.15) is 36.0 Å². The number of carbonyl (C=O) groups excluding carboxylic acids is 1. The van der Waals surface area contributed by atoms with Crippen molar-refractivity contribution >= 4 is 18.3 Å². The Morgan fingerprint density at radius 3 is 2.89 bits per heavy atom. The molecule has 1 aromatic rings. The highest BCUT2D eigenvalue weighted by Crippen LogP contribution is 2.22. The summed E-state index contributed by atoms with van der Waals surface area (Å²) in [4.78, 5) is 11.8. The number of benzene rings is 1. The monoisotopic (exact) mass is 286 g/mol. The zero-order valence-corrected chi connectivity index (χ0v) is 11.6. The van der Waals surface area contributed by atoms with Gasteiger partial charge in [0.05, 0.1) is 0 Å². The van der Waals surface area contributed by atoms with E-state index >= 15 is 0 Å². The summed E-state index contributed by atoms with van der Waals surface area (Å²) in [7, 11) is 0. The number of nitrogens with one attached hydrogen (secondary N) is 1. The van der Waals surface area contributed by atoms with Crippen molar-refractivity contribution in [2.45, 2.75) is 31.7 Å². The Kier molecular flexibility index (Phi) is 6.25. The number of hydrogen-bond acceptors (Lipinski definition) is 2. The molecule has 2 atom stereocenters. The summed E-state index contributed by atoms with van der Waals surface area (Å²) in [5.41, 5.74) is 6.27. The van der Waals surface area contributed by atoms with Crippen molar-refractivity contribution in [3.8, 4) is 0 Å². The van der Waals surface area contributed by atoms with E-state index in [1.165, 1.54) is 12.1 Å². The zero-order valence-electron chi connectivity index (χ0n) is 10.8. The average Bonchev–Trinajstić information content (AvgIpc) is 2.36. The highest BCUT2D eigenvalue weighted by Gasteiger charge is 2.19. The maximum atomic E-state index is 13.0. The highest BCUT2D eigenvalue weighted by molar-refractivity contribution is 5.94. The van der Waals surface area contributed by atoms with Gasteiger partial charge in [0.25, 0.3) is 5.91 Å². The smallest absolute Gasteiger partial charge is 0.251 e. The van der Waals surface area contributed by atoms with Gasteiger partial charge in [-0.3, -0.25) is 4.79 Å². The molecule has 0 heterocycles. The van der Waals surface area contributed by atoms with E-state index in [-0.39, 0.29) is 30.2 Å². The van der Waals surface area contributed by atoms with Gasteiger partial charge in [0.15, 0.2) is 0 Å². The number of halogens is 2. The summed E-state index contributed by atoms with van der Waals surface area (Å²) in [6.07, 6.45) is 4.27. The molecule has 5 heteroatoms. The molecule has 1 aliphatic carbocycles. The molecule has 0 saturated heterocycles. The number of rotatable bonds is 3. The predicted octanol–water partition coefficient (Wildman–Crippen LogP) is 2.49. The Hall–Kier alpha value is -1.13. The molecule has 3 nitrogen and oxygen atoms in total. The van der Waals surface area contributed by atoms with Crippen LogP contribution in [0.5, 0.6) is 0 Å². The van der Waals surface area contributed by atoms with Crippen molar-refractivity contribution in [3.05, 3.63) is 35.6 Å². The van der Waals surface area contributed by atoms with E-state index in [2.05, 4.69) is 5.32 Å². The third-order valence-corrected chi connectivity index (χ3v) is 3.46. The molecule has 0 bridgehead atoms. The van der Waals surface area contributed by atoms with Crippen LogP contribution in [0.25, 0.3) is 0 Å². The Morgan fingerprint density at radius 2 is 2.21 bits per heavy atom. The molecule has 0 spiro atoms. The molecule has 1 aliphatic rings. The summed E-state index contributed by atoms with van der Waals surface area (Å²) in [5, 5.41) is 2.86. The minimum Gasteiger partial charge on any atom is -0.352 e. The Bertz CT molecular complexity index is 428. The van der Waals surface area contributed by atoms with Gasteiger partial charge in [0, 0.05) is 18.2 Å². The SMILES string of the molecule is Cl.NC1CCCC(CNC(=O)c2cccc(F)c2)C1. The summed E-state index contributed by atoms with van der Waals surface area (Å²) in [5.74, 6) is -0.151. The summed E-state index contributed by atoms with van der Waals surface area (Å²) in [6, 6.07) is 6.00. The normalized spacial score (nSPS) is 22.4. The fraction of sp³-hybridized carbons (Fsp3) is 0.500. The lowest BCUT2D eigenvalue weighted by Gasteiger charge is -2.26. The van der Waals surface area contributed by atoms with E-state index in [1.807, 2.05) is 0 Å². The van der Waals surface area contributed by atoms with E-state index in [0.717, 1.165) is 25.7 Å². The maximum absolute atomic E-state index is 13.0. The largest absolute Gasteiger partial charge is 0.352 e. The van der Waals surface area contributed by atoms with Crippen LogP contribution >= 0.6 is 12.4 Å². The van der Waals surface area contributed by atoms with Gasteiger partial charge in [-0.2, -0.15) is 0 Å². The van der Waals surface area contributed by atoms with E-state index in [4.69, 9.17) is 5.73 Å². The van der Waals surface area contributed by atoms with Crippen LogP contribution in [0, 0.1) is 11.7 Å². The standard InChI is InChI=1S/C14H19FN2O.ClH/c15-12-5-2-4-11(8-12)14(18)17-9-10-3-1-6-13(16)7-10;/h2,4-5,8,10,13H,1,3,6-7,9,16H2,(H,17,18);1H. The molecule has 106 valence electrons. The Balaban J connectivity index is 0.00000180. The first kappa shape index (κ1) is 15.9. The Morgan fingerprint density at radius 1 is 1.42 bits per heavy atom. The second-order valence-electron chi connectivity index (χ2n) is 5.01. The van der Waals surface area contributed by atoms with Crippen molar-refractivity contribution in [2.24, 2.45) is 11.7 Å². The predicted molar refractivity (Wildman–Crippen MR) is 75.9 cm³/mol. The minimum atomic E-state index is -0.387. The lowest BCUT2D eigenvalue weighted by molar-refractivity contribution is 0.0942. The van der Waals surface area contributed by atoms with Gasteiger partial charge in [-0.25, -0.2) is 4.39 Å². The maximum Gasteiger partial charge on any atom is 0.251 e. The van der Waals surface area contributed by atoms with E-state index < -0.39 is 0 Å². The zero-order chi connectivity index (χ0) is 13.0. The molecule has 2 rings (SSSR count). The molecule has 19 heavy (non-hydrogen) atoms. The molecule has 0 aromatic heterocycles. The molecule has 2 unspecified atom stereocenters. The van der Waals surface area contributed by atoms with Crippen molar-refractivity contribution in [2.75, 3.05) is 6.54 Å². The van der Waals surface area contributed by atoms with Gasteiger partial charge >= 0.3 is 0 Å². The lowest BCUT2D eigenvalue weighted by Crippen LogP contribution is -2.35. The number of hydrogen-bond donors (Lipinski definition) is 2. The molecule has 1 amide bonds. The first-order valence-corrected chi connectivity index (χ1v) is 6.44. The van der Waals surface area contributed by atoms with Gasteiger partial charge in [-0.15, -0.1) is 12.4 Å². The molecular weight excluding hydrogens is 267 g/mol. The molecule has 0 aliphatic heterocycles. The van der Waals surface area contributed by atoms with Gasteiger partial charge in [-0.1, -0.05) is 12.5 Å². The highest BCUT2D eigenvalue weighted by atomic mass is 35.5. The van der Waals surface area contributed by atoms with Crippen molar-refractivity contribution < 1.29 is 9.18 Å². The van der Waals surface area contributed by atoms with Crippen LogP contribution in [-0.2, 0) is 0 Å². The van der Waals surface area contributed by atoms with Crippen molar-refractivity contribution in [1.82, 2.24) is 5.32 Å². The lowest BCUT2D eigenvalue weighted by atomic mass is 9.86. The van der Waals surface area contributed by atoms with Crippen LogP contribution < -0.4 is 11.1 Å². The second kappa shape index (κ2) is 7.46. The first-order chi connectivity index (χ1) is 8.65. The van der Waals surface area contributed by atoms with Crippen LogP contribution in [0.3, 0.4) is 0 Å². The number of nitrogens with two attached hydrogens (primary N) is 1. The molecular formula is C14H20ClFN2O. The van der Waals surface area contributed by atoms with Gasteiger partial charge in [0.2, 0.25) is 0 Å². The van der Waals surface area contributed by atoms with Gasteiger partial charge < -0.3 is 11.1 Å². The van der Waals surface area contributed by atoms with Crippen LogP contribution in [0.15, 0.2) is 24.3 Å². The molecule has 1 fully saturated rings. The Labute approximate surface area is 119 Å². The summed E-state index contributed by atoms with van der Waals surface area (Å²) < 4.78 is 13.0. The quantitative estimate of drug-likeness (QED) is 0.897. The van der Waals surface area contributed by atoms with Crippen molar-refractivity contribution in [1.29, 1.82) is 0 Å². The fourth-order valence-corrected chi connectivity index (χ4v) is 2.49. The second-order valence-corrected chi connectivity index (χ2v) is 5.01. The third kappa shape index (κ3) is 4.80. The van der Waals surface area contributed by atoms with Crippen LogP contribution in [0.2, 0.25) is 0 Å². The number of amides is 1. The van der Waals surface area contributed by atoms with E-state index in [1.54, 1.807) is 12.1 Å².